The van der Waals surface area contributed by atoms with E-state index in [-0.39, 0.29) is 5.91 Å². The maximum Gasteiger partial charge on any atom is 0.221 e. The average molecular weight is 433 g/mol. The van der Waals surface area contributed by atoms with Crippen molar-refractivity contribution >= 4 is 34.6 Å². The van der Waals surface area contributed by atoms with E-state index in [4.69, 9.17) is 16.7 Å². The Morgan fingerprint density at radius 2 is 2.00 bits per heavy atom. The van der Waals surface area contributed by atoms with Gasteiger partial charge in [0.15, 0.2) is 0 Å². The quantitative estimate of drug-likeness (QED) is 0.694. The molecule has 31 heavy (non-hydrogen) atoms. The number of nitrogens with zero attached hydrogens (tertiary/aromatic N) is 3. The summed E-state index contributed by atoms with van der Waals surface area (Å²) in [5.74, 6) is 0.939. The average Bonchev–Trinajstić information content (AvgIpc) is 3.40. The lowest BCUT2D eigenvalue weighted by Crippen LogP contribution is -2.40. The van der Waals surface area contributed by atoms with Crippen LogP contribution in [0.25, 0.3) is 0 Å². The predicted molar refractivity (Wildman–Crippen MR) is 123 cm³/mol. The molecule has 1 N–H and O–H groups in total. The Morgan fingerprint density at radius 3 is 2.71 bits per heavy atom. The normalized spacial score (nSPS) is 22.5. The molecule has 1 aliphatic heterocycles. The van der Waals surface area contributed by atoms with Crippen molar-refractivity contribution in [1.82, 2.24) is 0 Å². The van der Waals surface area contributed by atoms with Crippen molar-refractivity contribution in [3.63, 3.8) is 0 Å². The summed E-state index contributed by atoms with van der Waals surface area (Å²) in [6.07, 6.45) is 7.07. The van der Waals surface area contributed by atoms with Crippen molar-refractivity contribution < 1.29 is 4.79 Å². The summed E-state index contributed by atoms with van der Waals surface area (Å²) in [7, 11) is 0. The zero-order valence-electron chi connectivity index (χ0n) is 17.6. The standard InChI is InChI=1S/C25H25ClN4O/c1-15(31)28-19-8-11-21-17(12-19)7-10-22-24(21)29-30(25(22)16-4-2-3-5-16)20-9-6-18(14-27)23(26)13-20/h6,8-9,11-13,16,22,25H,2-5,7,10H2,1H3,(H,28,31). The molecule has 2 unspecified atom stereocenters. The summed E-state index contributed by atoms with van der Waals surface area (Å²) in [5, 5.41) is 20.0. The van der Waals surface area contributed by atoms with Crippen LogP contribution >= 0.6 is 11.6 Å². The van der Waals surface area contributed by atoms with E-state index in [1.54, 1.807) is 6.07 Å². The number of nitrogens with one attached hydrogen (secondary N) is 1. The summed E-state index contributed by atoms with van der Waals surface area (Å²) in [5.41, 5.74) is 5.86. The zero-order valence-corrected chi connectivity index (χ0v) is 18.3. The molecule has 2 aromatic rings. The topological polar surface area (TPSA) is 68.5 Å². The highest BCUT2D eigenvalue weighted by molar-refractivity contribution is 6.32. The molecular formula is C25H25ClN4O. The van der Waals surface area contributed by atoms with Crippen LogP contribution in [-0.4, -0.2) is 17.7 Å². The highest BCUT2D eigenvalue weighted by Gasteiger charge is 2.45. The van der Waals surface area contributed by atoms with E-state index < -0.39 is 0 Å². The van der Waals surface area contributed by atoms with Crippen LogP contribution in [0.15, 0.2) is 41.5 Å². The lowest BCUT2D eigenvalue weighted by Gasteiger charge is -2.34. The Bertz CT molecular complexity index is 1110. The summed E-state index contributed by atoms with van der Waals surface area (Å²) >= 11 is 6.38. The van der Waals surface area contributed by atoms with E-state index in [1.165, 1.54) is 43.7 Å². The number of halogens is 1. The summed E-state index contributed by atoms with van der Waals surface area (Å²) in [4.78, 5) is 11.5. The number of amides is 1. The first kappa shape index (κ1) is 20.1. The number of aryl methyl sites for hydroxylation is 1. The van der Waals surface area contributed by atoms with Gasteiger partial charge in [0.05, 0.1) is 28.0 Å². The van der Waals surface area contributed by atoms with Gasteiger partial charge in [-0.3, -0.25) is 9.80 Å². The first-order valence-corrected chi connectivity index (χ1v) is 11.4. The van der Waals surface area contributed by atoms with Crippen LogP contribution in [-0.2, 0) is 11.2 Å². The monoisotopic (exact) mass is 432 g/mol. The third kappa shape index (κ3) is 3.59. The highest BCUT2D eigenvalue weighted by Crippen LogP contribution is 2.45. The molecule has 2 atom stereocenters. The molecule has 5 rings (SSSR count). The molecule has 2 aromatic carbocycles. The van der Waals surface area contributed by atoms with E-state index in [0.717, 1.165) is 29.9 Å². The second kappa shape index (κ2) is 8.01. The van der Waals surface area contributed by atoms with Crippen molar-refractivity contribution in [1.29, 1.82) is 5.26 Å². The van der Waals surface area contributed by atoms with Gasteiger partial charge in [0.25, 0.3) is 0 Å². The molecular weight excluding hydrogens is 408 g/mol. The second-order valence-electron chi connectivity index (χ2n) is 8.84. The Morgan fingerprint density at radius 1 is 1.19 bits per heavy atom. The molecule has 0 aromatic heterocycles. The summed E-state index contributed by atoms with van der Waals surface area (Å²) < 4.78 is 0. The van der Waals surface area contributed by atoms with E-state index in [9.17, 15) is 10.1 Å². The molecule has 1 heterocycles. The van der Waals surface area contributed by atoms with E-state index in [1.807, 2.05) is 18.2 Å². The van der Waals surface area contributed by atoms with Gasteiger partial charge < -0.3 is 5.32 Å². The number of fused-ring (bicyclic) bond motifs is 3. The largest absolute Gasteiger partial charge is 0.326 e. The first-order valence-electron chi connectivity index (χ1n) is 11.0. The minimum atomic E-state index is -0.0583. The van der Waals surface area contributed by atoms with E-state index >= 15 is 0 Å². The molecule has 6 heteroatoms. The van der Waals surface area contributed by atoms with Crippen LogP contribution in [0.5, 0.6) is 0 Å². The smallest absolute Gasteiger partial charge is 0.221 e. The van der Waals surface area contributed by atoms with Crippen LogP contribution in [0.4, 0.5) is 11.4 Å². The molecule has 2 aliphatic carbocycles. The fourth-order valence-corrected chi connectivity index (χ4v) is 5.80. The Balaban J connectivity index is 1.56. The van der Waals surface area contributed by atoms with Gasteiger partial charge in [-0.25, -0.2) is 0 Å². The molecule has 0 radical (unpaired) electrons. The van der Waals surface area contributed by atoms with Crippen LogP contribution in [0, 0.1) is 23.2 Å². The lowest BCUT2D eigenvalue weighted by atomic mass is 9.75. The molecule has 1 saturated carbocycles. The molecule has 0 bridgehead atoms. The number of nitriles is 1. The van der Waals surface area contributed by atoms with Gasteiger partial charge in [-0.2, -0.15) is 10.4 Å². The number of carbonyl (C=O) groups is 1. The van der Waals surface area contributed by atoms with Crippen LogP contribution in [0.2, 0.25) is 5.02 Å². The molecule has 1 amide bonds. The fourth-order valence-electron chi connectivity index (χ4n) is 5.59. The highest BCUT2D eigenvalue weighted by atomic mass is 35.5. The van der Waals surface area contributed by atoms with Crippen molar-refractivity contribution in [2.75, 3.05) is 10.3 Å². The van der Waals surface area contributed by atoms with Gasteiger partial charge in [-0.15, -0.1) is 0 Å². The third-order valence-electron chi connectivity index (χ3n) is 6.91. The number of carbonyl (C=O) groups excluding carboxylic acids is 1. The van der Waals surface area contributed by atoms with Crippen LogP contribution in [0.1, 0.15) is 55.7 Å². The number of hydrazone groups is 1. The molecule has 5 nitrogen and oxygen atoms in total. The number of rotatable bonds is 3. The summed E-state index contributed by atoms with van der Waals surface area (Å²) in [6.45, 7) is 1.53. The first-order chi connectivity index (χ1) is 15.0. The molecule has 158 valence electrons. The van der Waals surface area contributed by atoms with E-state index in [2.05, 4.69) is 28.5 Å². The van der Waals surface area contributed by atoms with Gasteiger partial charge >= 0.3 is 0 Å². The fraction of sp³-hybridized carbons (Fsp3) is 0.400. The van der Waals surface area contributed by atoms with Gasteiger partial charge in [-0.05, 0) is 67.5 Å². The number of hydrogen-bond donors (Lipinski definition) is 1. The molecule has 1 fully saturated rings. The summed E-state index contributed by atoms with van der Waals surface area (Å²) in [6, 6.07) is 14.3. The molecule has 3 aliphatic rings. The number of benzene rings is 2. The maximum absolute atomic E-state index is 11.5. The third-order valence-corrected chi connectivity index (χ3v) is 7.22. The second-order valence-corrected chi connectivity index (χ2v) is 9.25. The number of hydrogen-bond acceptors (Lipinski definition) is 4. The van der Waals surface area contributed by atoms with Crippen LogP contribution in [0.3, 0.4) is 0 Å². The van der Waals surface area contributed by atoms with Gasteiger partial charge in [0, 0.05) is 24.1 Å². The van der Waals surface area contributed by atoms with Crippen molar-refractivity contribution in [2.24, 2.45) is 16.9 Å². The Labute approximate surface area is 187 Å². The number of anilines is 2. The Hall–Kier alpha value is -2.84. The lowest BCUT2D eigenvalue weighted by molar-refractivity contribution is -0.114. The predicted octanol–water partition coefficient (Wildman–Crippen LogP) is 5.52. The SMILES string of the molecule is CC(=O)Nc1ccc2c(c1)CCC1C2=NN(c2ccc(C#N)c(Cl)c2)C1C1CCCC1. The molecule has 0 spiro atoms. The van der Waals surface area contributed by atoms with Crippen molar-refractivity contribution in [3.05, 3.63) is 58.1 Å². The molecule has 0 saturated heterocycles. The zero-order chi connectivity index (χ0) is 21.5. The van der Waals surface area contributed by atoms with Gasteiger partial charge in [-0.1, -0.05) is 30.5 Å². The minimum Gasteiger partial charge on any atom is -0.326 e. The minimum absolute atomic E-state index is 0.0583. The van der Waals surface area contributed by atoms with Crippen LogP contribution < -0.4 is 10.3 Å². The van der Waals surface area contributed by atoms with Gasteiger partial charge in [0.2, 0.25) is 5.91 Å². The van der Waals surface area contributed by atoms with Gasteiger partial charge in [0.1, 0.15) is 6.07 Å². The maximum atomic E-state index is 11.5. The Kier molecular flexibility index (Phi) is 5.19. The van der Waals surface area contributed by atoms with Crippen molar-refractivity contribution in [2.45, 2.75) is 51.5 Å². The van der Waals surface area contributed by atoms with Crippen molar-refractivity contribution in [3.8, 4) is 6.07 Å². The van der Waals surface area contributed by atoms with E-state index in [0.29, 0.717) is 28.5 Å².